The zero-order valence-corrected chi connectivity index (χ0v) is 20.6. The minimum atomic E-state index is -0.847. The number of nitrogens with zero attached hydrogens (tertiary/aromatic N) is 2. The zero-order valence-electron chi connectivity index (χ0n) is 19.8. The van der Waals surface area contributed by atoms with Crippen LogP contribution in [0.4, 0.5) is 5.69 Å². The molecule has 1 aromatic heterocycles. The quantitative estimate of drug-likeness (QED) is 0.449. The predicted octanol–water partition coefficient (Wildman–Crippen LogP) is 4.45. The summed E-state index contributed by atoms with van der Waals surface area (Å²) in [5.41, 5.74) is 3.45. The van der Waals surface area contributed by atoms with Crippen LogP contribution >= 0.6 is 11.8 Å². The number of amides is 2. The maximum atomic E-state index is 14.0. The molecule has 36 heavy (non-hydrogen) atoms. The lowest BCUT2D eigenvalue weighted by Crippen LogP contribution is -2.43. The molecular formula is C28H25N3O4S. The normalized spacial score (nSPS) is 17.0. The van der Waals surface area contributed by atoms with Gasteiger partial charge in [-0.25, -0.2) is 0 Å². The highest BCUT2D eigenvalue weighted by molar-refractivity contribution is 8.00. The molecule has 182 valence electrons. The third-order valence-electron chi connectivity index (χ3n) is 6.59. The van der Waals surface area contributed by atoms with Gasteiger partial charge in [-0.2, -0.15) is 0 Å². The molecule has 0 spiro atoms. The Labute approximate surface area is 213 Å². The molecule has 0 saturated carbocycles. The van der Waals surface area contributed by atoms with Crippen LogP contribution in [-0.4, -0.2) is 35.3 Å². The van der Waals surface area contributed by atoms with Gasteiger partial charge in [0.05, 0.1) is 10.8 Å². The lowest BCUT2D eigenvalue weighted by atomic mass is 10.0. The number of aromatic nitrogens is 1. The van der Waals surface area contributed by atoms with Crippen molar-refractivity contribution in [3.8, 4) is 11.5 Å². The molecule has 2 aliphatic heterocycles. The SMILES string of the molecule is Cn1c2c(c3ccccc31)C(C(=O)NCc1ccccc1)N(c1ccc3c(c1)OCCO3)C(=O)CS2. The van der Waals surface area contributed by atoms with E-state index < -0.39 is 6.04 Å². The zero-order chi connectivity index (χ0) is 24.6. The number of carbonyl (C=O) groups is 2. The number of hydrogen-bond acceptors (Lipinski definition) is 5. The van der Waals surface area contributed by atoms with Gasteiger partial charge < -0.3 is 19.4 Å². The minimum absolute atomic E-state index is 0.142. The Bertz CT molecular complexity index is 1470. The van der Waals surface area contributed by atoms with Crippen molar-refractivity contribution in [1.82, 2.24) is 9.88 Å². The highest BCUT2D eigenvalue weighted by Crippen LogP contribution is 2.44. The molecule has 6 rings (SSSR count). The van der Waals surface area contributed by atoms with Crippen molar-refractivity contribution in [1.29, 1.82) is 0 Å². The average Bonchev–Trinajstić information content (AvgIpc) is 3.09. The van der Waals surface area contributed by atoms with Gasteiger partial charge in [0.15, 0.2) is 11.5 Å². The molecule has 0 radical (unpaired) electrons. The molecule has 0 saturated heterocycles. The van der Waals surface area contributed by atoms with Crippen molar-refractivity contribution in [2.45, 2.75) is 17.6 Å². The number of thioether (sulfide) groups is 1. The van der Waals surface area contributed by atoms with Crippen molar-refractivity contribution in [3.63, 3.8) is 0 Å². The van der Waals surface area contributed by atoms with E-state index in [0.717, 1.165) is 27.1 Å². The van der Waals surface area contributed by atoms with Gasteiger partial charge in [0.25, 0.3) is 0 Å². The third kappa shape index (κ3) is 3.87. The first-order valence-electron chi connectivity index (χ1n) is 11.9. The summed E-state index contributed by atoms with van der Waals surface area (Å²) in [6.45, 7) is 1.29. The van der Waals surface area contributed by atoms with E-state index in [1.807, 2.05) is 67.7 Å². The number of fused-ring (bicyclic) bond motifs is 4. The van der Waals surface area contributed by atoms with Gasteiger partial charge >= 0.3 is 0 Å². The van der Waals surface area contributed by atoms with Gasteiger partial charge in [0.2, 0.25) is 11.8 Å². The summed E-state index contributed by atoms with van der Waals surface area (Å²) in [7, 11) is 1.98. The highest BCUT2D eigenvalue weighted by atomic mass is 32.2. The number of benzene rings is 3. The van der Waals surface area contributed by atoms with Gasteiger partial charge in [-0.15, -0.1) is 0 Å². The van der Waals surface area contributed by atoms with Crippen molar-refractivity contribution in [2.24, 2.45) is 7.05 Å². The van der Waals surface area contributed by atoms with Crippen LogP contribution in [0, 0.1) is 0 Å². The molecule has 7 nitrogen and oxygen atoms in total. The molecule has 1 atom stereocenters. The van der Waals surface area contributed by atoms with Crippen LogP contribution in [0.1, 0.15) is 17.2 Å². The predicted molar refractivity (Wildman–Crippen MR) is 140 cm³/mol. The summed E-state index contributed by atoms with van der Waals surface area (Å²) in [4.78, 5) is 29.2. The van der Waals surface area contributed by atoms with Gasteiger partial charge in [-0.05, 0) is 23.8 Å². The van der Waals surface area contributed by atoms with E-state index >= 15 is 0 Å². The first-order chi connectivity index (χ1) is 17.6. The molecule has 1 N–H and O–H groups in total. The summed E-state index contributed by atoms with van der Waals surface area (Å²) < 4.78 is 13.6. The maximum Gasteiger partial charge on any atom is 0.248 e. The van der Waals surface area contributed by atoms with Crippen LogP contribution in [0.3, 0.4) is 0 Å². The summed E-state index contributed by atoms with van der Waals surface area (Å²) in [6.07, 6.45) is 0. The monoisotopic (exact) mass is 499 g/mol. The number of hydrogen-bond donors (Lipinski definition) is 1. The second-order valence-electron chi connectivity index (χ2n) is 8.78. The lowest BCUT2D eigenvalue weighted by Gasteiger charge is -2.31. The second-order valence-corrected chi connectivity index (χ2v) is 9.75. The largest absolute Gasteiger partial charge is 0.486 e. The fourth-order valence-corrected chi connectivity index (χ4v) is 5.98. The number of carbonyl (C=O) groups excluding carboxylic acids is 2. The molecule has 0 aliphatic carbocycles. The average molecular weight is 500 g/mol. The number of anilines is 1. The molecule has 2 aliphatic rings. The van der Waals surface area contributed by atoms with Crippen LogP contribution in [0.2, 0.25) is 0 Å². The van der Waals surface area contributed by atoms with E-state index in [0.29, 0.717) is 36.9 Å². The number of nitrogens with one attached hydrogen (secondary N) is 1. The van der Waals surface area contributed by atoms with E-state index in [1.54, 1.807) is 17.0 Å². The Morgan fingerprint density at radius 3 is 2.58 bits per heavy atom. The molecule has 4 aromatic rings. The Morgan fingerprint density at radius 1 is 1.00 bits per heavy atom. The number of aryl methyl sites for hydroxylation is 1. The second kappa shape index (κ2) is 9.28. The topological polar surface area (TPSA) is 72.8 Å². The molecule has 0 fully saturated rings. The molecule has 8 heteroatoms. The summed E-state index contributed by atoms with van der Waals surface area (Å²) >= 11 is 1.47. The Kier molecular flexibility index (Phi) is 5.81. The Balaban J connectivity index is 1.49. The fourth-order valence-electron chi connectivity index (χ4n) is 4.92. The van der Waals surface area contributed by atoms with Gasteiger partial charge in [-0.1, -0.05) is 60.3 Å². The van der Waals surface area contributed by atoms with E-state index in [1.165, 1.54) is 11.8 Å². The van der Waals surface area contributed by atoms with Crippen LogP contribution in [0.15, 0.2) is 77.8 Å². The number of ether oxygens (including phenoxy) is 2. The van der Waals surface area contributed by atoms with E-state index in [2.05, 4.69) is 9.88 Å². The molecule has 3 aromatic carbocycles. The third-order valence-corrected chi connectivity index (χ3v) is 7.74. The van der Waals surface area contributed by atoms with Gasteiger partial charge in [0, 0.05) is 41.8 Å². The minimum Gasteiger partial charge on any atom is -0.486 e. The first kappa shape index (κ1) is 22.5. The molecular weight excluding hydrogens is 474 g/mol. The van der Waals surface area contributed by atoms with Crippen molar-refractivity contribution >= 4 is 40.2 Å². The molecule has 3 heterocycles. The van der Waals surface area contributed by atoms with E-state index in [-0.39, 0.29) is 17.6 Å². The van der Waals surface area contributed by atoms with Crippen molar-refractivity contribution in [2.75, 3.05) is 23.9 Å². The first-order valence-corrected chi connectivity index (χ1v) is 12.8. The van der Waals surface area contributed by atoms with Crippen LogP contribution < -0.4 is 19.7 Å². The highest BCUT2D eigenvalue weighted by Gasteiger charge is 2.40. The van der Waals surface area contributed by atoms with Crippen molar-refractivity contribution < 1.29 is 19.1 Å². The van der Waals surface area contributed by atoms with Crippen molar-refractivity contribution in [3.05, 3.63) is 83.9 Å². The summed E-state index contributed by atoms with van der Waals surface area (Å²) in [5, 5.41) is 4.97. The summed E-state index contributed by atoms with van der Waals surface area (Å²) in [5.74, 6) is 1.05. The Hall–Kier alpha value is -3.91. The smallest absolute Gasteiger partial charge is 0.248 e. The Morgan fingerprint density at radius 2 is 1.75 bits per heavy atom. The maximum absolute atomic E-state index is 14.0. The van der Waals surface area contributed by atoms with Crippen LogP contribution in [0.25, 0.3) is 10.9 Å². The van der Waals surface area contributed by atoms with Crippen LogP contribution in [0.5, 0.6) is 11.5 Å². The molecule has 1 unspecified atom stereocenters. The molecule has 2 amide bonds. The van der Waals surface area contributed by atoms with Gasteiger partial charge in [0.1, 0.15) is 19.3 Å². The van der Waals surface area contributed by atoms with E-state index in [4.69, 9.17) is 9.47 Å². The number of para-hydroxylation sites is 1. The lowest BCUT2D eigenvalue weighted by molar-refractivity contribution is -0.125. The fraction of sp³-hybridized carbons (Fsp3) is 0.214. The van der Waals surface area contributed by atoms with E-state index in [9.17, 15) is 9.59 Å². The standard InChI is InChI=1S/C28H25N3O4S/c1-30-21-10-6-5-9-20(21)25-26(27(33)29-16-18-7-3-2-4-8-18)31(24(32)17-36-28(25)30)19-11-12-22-23(15-19)35-14-13-34-22/h2-12,15,26H,13-14,16-17H2,1H3,(H,29,33). The van der Waals surface area contributed by atoms with Gasteiger partial charge in [-0.3, -0.25) is 14.5 Å². The summed E-state index contributed by atoms with van der Waals surface area (Å²) in [6, 6.07) is 22.4. The van der Waals surface area contributed by atoms with Crippen LogP contribution in [-0.2, 0) is 23.2 Å². The molecule has 0 bridgehead atoms. The number of rotatable bonds is 4.